The number of methoxy groups -OCH3 is 1. The van der Waals surface area contributed by atoms with Gasteiger partial charge >= 0.3 is 0 Å². The SMILES string of the molecule is CC[C@H](C(=O)Nc1cc(C2CC2)cnc1OC)c1ccc(F)cc1. The molecule has 1 fully saturated rings. The van der Waals surface area contributed by atoms with E-state index in [1.807, 2.05) is 19.2 Å². The summed E-state index contributed by atoms with van der Waals surface area (Å²) in [5, 5.41) is 2.93. The van der Waals surface area contributed by atoms with Gasteiger partial charge in [0.1, 0.15) is 11.5 Å². The molecular formula is C19H21FN2O2. The van der Waals surface area contributed by atoms with Gasteiger partial charge in [0.2, 0.25) is 11.8 Å². The first-order chi connectivity index (χ1) is 11.6. The number of anilines is 1. The lowest BCUT2D eigenvalue weighted by molar-refractivity contribution is -0.117. The second-order valence-electron chi connectivity index (χ2n) is 6.10. The first-order valence-electron chi connectivity index (χ1n) is 8.22. The third-order valence-corrected chi connectivity index (χ3v) is 4.37. The van der Waals surface area contributed by atoms with Crippen molar-refractivity contribution in [1.29, 1.82) is 0 Å². The van der Waals surface area contributed by atoms with Gasteiger partial charge in [-0.25, -0.2) is 9.37 Å². The van der Waals surface area contributed by atoms with Gasteiger partial charge in [-0.1, -0.05) is 19.1 Å². The van der Waals surface area contributed by atoms with Crippen LogP contribution in [0, 0.1) is 5.82 Å². The number of carbonyl (C=O) groups excluding carboxylic acids is 1. The summed E-state index contributed by atoms with van der Waals surface area (Å²) < 4.78 is 18.4. The van der Waals surface area contributed by atoms with Crippen LogP contribution in [0.5, 0.6) is 5.88 Å². The highest BCUT2D eigenvalue weighted by atomic mass is 19.1. The van der Waals surface area contributed by atoms with E-state index in [1.165, 1.54) is 19.2 Å². The predicted molar refractivity (Wildman–Crippen MR) is 90.8 cm³/mol. The van der Waals surface area contributed by atoms with Gasteiger partial charge in [0.25, 0.3) is 0 Å². The van der Waals surface area contributed by atoms with Crippen molar-refractivity contribution >= 4 is 11.6 Å². The quantitative estimate of drug-likeness (QED) is 0.863. The molecule has 1 aliphatic rings. The van der Waals surface area contributed by atoms with Crippen LogP contribution in [0.4, 0.5) is 10.1 Å². The number of carbonyl (C=O) groups is 1. The number of nitrogens with one attached hydrogen (secondary N) is 1. The Balaban J connectivity index is 1.82. The van der Waals surface area contributed by atoms with Crippen LogP contribution in [0.15, 0.2) is 36.5 Å². The second-order valence-corrected chi connectivity index (χ2v) is 6.10. The number of halogens is 1. The van der Waals surface area contributed by atoms with Gasteiger partial charge in [0.15, 0.2) is 0 Å². The predicted octanol–water partition coefficient (Wildman–Crippen LogP) is 4.24. The van der Waals surface area contributed by atoms with Gasteiger partial charge in [-0.2, -0.15) is 0 Å². The Morgan fingerprint density at radius 2 is 2.08 bits per heavy atom. The van der Waals surface area contributed by atoms with Crippen molar-refractivity contribution in [2.45, 2.75) is 38.0 Å². The van der Waals surface area contributed by atoms with E-state index in [4.69, 9.17) is 4.74 Å². The average molecular weight is 328 g/mol. The fourth-order valence-electron chi connectivity index (χ4n) is 2.85. The molecule has 0 bridgehead atoms. The number of pyridine rings is 1. The van der Waals surface area contributed by atoms with Crippen molar-refractivity contribution in [1.82, 2.24) is 4.98 Å². The van der Waals surface area contributed by atoms with Gasteiger partial charge in [-0.3, -0.25) is 4.79 Å². The van der Waals surface area contributed by atoms with Crippen molar-refractivity contribution in [2.24, 2.45) is 0 Å². The van der Waals surface area contributed by atoms with Crippen molar-refractivity contribution < 1.29 is 13.9 Å². The topological polar surface area (TPSA) is 51.2 Å². The van der Waals surface area contributed by atoms with Gasteiger partial charge in [-0.05, 0) is 54.5 Å². The summed E-state index contributed by atoms with van der Waals surface area (Å²) in [5.74, 6) is 0.147. The number of nitrogens with zero attached hydrogens (tertiary/aromatic N) is 1. The van der Waals surface area contributed by atoms with E-state index in [-0.39, 0.29) is 17.6 Å². The number of benzene rings is 1. The Bertz CT molecular complexity index is 727. The molecule has 1 atom stereocenters. The zero-order chi connectivity index (χ0) is 17.1. The molecule has 4 nitrogen and oxygen atoms in total. The van der Waals surface area contributed by atoms with E-state index in [9.17, 15) is 9.18 Å². The van der Waals surface area contributed by atoms with Crippen LogP contribution in [-0.2, 0) is 4.79 Å². The van der Waals surface area contributed by atoms with Gasteiger partial charge in [-0.15, -0.1) is 0 Å². The number of hydrogen-bond donors (Lipinski definition) is 1. The Morgan fingerprint density at radius 1 is 1.38 bits per heavy atom. The highest BCUT2D eigenvalue weighted by Crippen LogP contribution is 2.41. The largest absolute Gasteiger partial charge is 0.480 e. The van der Waals surface area contributed by atoms with Crippen LogP contribution < -0.4 is 10.1 Å². The van der Waals surface area contributed by atoms with Crippen molar-refractivity contribution in [3.05, 3.63) is 53.5 Å². The van der Waals surface area contributed by atoms with Crippen molar-refractivity contribution in [2.75, 3.05) is 12.4 Å². The highest BCUT2D eigenvalue weighted by molar-refractivity contribution is 5.96. The van der Waals surface area contributed by atoms with Crippen molar-refractivity contribution in [3.63, 3.8) is 0 Å². The Labute approximate surface area is 141 Å². The van der Waals surface area contributed by atoms with Gasteiger partial charge in [0.05, 0.1) is 13.0 Å². The van der Waals surface area contributed by atoms with Crippen LogP contribution in [0.25, 0.3) is 0 Å². The van der Waals surface area contributed by atoms with Crippen LogP contribution in [-0.4, -0.2) is 18.0 Å². The van der Waals surface area contributed by atoms with Crippen LogP contribution in [0.3, 0.4) is 0 Å². The number of amides is 1. The molecule has 5 heteroatoms. The molecule has 0 spiro atoms. The third kappa shape index (κ3) is 3.55. The monoisotopic (exact) mass is 328 g/mol. The van der Waals surface area contributed by atoms with E-state index >= 15 is 0 Å². The zero-order valence-corrected chi connectivity index (χ0v) is 13.9. The third-order valence-electron chi connectivity index (χ3n) is 4.37. The number of aromatic nitrogens is 1. The highest BCUT2D eigenvalue weighted by Gasteiger charge is 2.26. The molecule has 1 N–H and O–H groups in total. The molecule has 0 aliphatic heterocycles. The van der Waals surface area contributed by atoms with E-state index in [0.717, 1.165) is 24.0 Å². The molecule has 1 heterocycles. The lowest BCUT2D eigenvalue weighted by atomic mass is 9.95. The van der Waals surface area contributed by atoms with Crippen LogP contribution >= 0.6 is 0 Å². The summed E-state index contributed by atoms with van der Waals surface area (Å²) in [4.78, 5) is 17.0. The minimum absolute atomic E-state index is 0.142. The maximum absolute atomic E-state index is 13.1. The summed E-state index contributed by atoms with van der Waals surface area (Å²) >= 11 is 0. The lowest BCUT2D eigenvalue weighted by Crippen LogP contribution is -2.21. The first kappa shape index (κ1) is 16.4. The molecule has 126 valence electrons. The normalized spacial score (nSPS) is 15.0. The molecule has 1 aliphatic carbocycles. The molecule has 0 unspecified atom stereocenters. The molecule has 3 rings (SSSR count). The Morgan fingerprint density at radius 3 is 2.67 bits per heavy atom. The summed E-state index contributed by atoms with van der Waals surface area (Å²) in [6.07, 6.45) is 4.75. The molecule has 1 aromatic heterocycles. The molecule has 2 aromatic rings. The molecule has 1 amide bonds. The summed E-state index contributed by atoms with van der Waals surface area (Å²) in [5.41, 5.74) is 2.51. The first-order valence-corrected chi connectivity index (χ1v) is 8.22. The smallest absolute Gasteiger partial charge is 0.237 e. The van der Waals surface area contributed by atoms with Gasteiger partial charge < -0.3 is 10.1 Å². The number of hydrogen-bond acceptors (Lipinski definition) is 3. The molecule has 24 heavy (non-hydrogen) atoms. The van der Waals surface area contributed by atoms with E-state index in [0.29, 0.717) is 23.9 Å². The minimum Gasteiger partial charge on any atom is -0.480 e. The Hall–Kier alpha value is -2.43. The molecule has 1 saturated carbocycles. The van der Waals surface area contributed by atoms with Crippen molar-refractivity contribution in [3.8, 4) is 5.88 Å². The fourth-order valence-corrected chi connectivity index (χ4v) is 2.85. The summed E-state index contributed by atoms with van der Waals surface area (Å²) in [6.45, 7) is 1.93. The summed E-state index contributed by atoms with van der Waals surface area (Å²) in [7, 11) is 1.53. The number of ether oxygens (including phenoxy) is 1. The van der Waals surface area contributed by atoms with Crippen LogP contribution in [0.1, 0.15) is 49.1 Å². The zero-order valence-electron chi connectivity index (χ0n) is 13.9. The maximum atomic E-state index is 13.1. The summed E-state index contributed by atoms with van der Waals surface area (Å²) in [6, 6.07) is 8.00. The Kier molecular flexibility index (Phi) is 4.79. The van der Waals surface area contributed by atoms with Crippen LogP contribution in [0.2, 0.25) is 0 Å². The fraction of sp³-hybridized carbons (Fsp3) is 0.368. The molecule has 1 aromatic carbocycles. The molecule has 0 saturated heterocycles. The standard InChI is InChI=1S/C19H21FN2O2/c1-3-16(13-6-8-15(20)9-7-13)18(23)22-17-10-14(12-4-5-12)11-21-19(17)24-2/h6-12,16H,3-5H2,1-2H3,(H,22,23)/t16-/m0/s1. The maximum Gasteiger partial charge on any atom is 0.237 e. The van der Waals surface area contributed by atoms with Gasteiger partial charge in [0, 0.05) is 6.20 Å². The molecular weight excluding hydrogens is 307 g/mol. The average Bonchev–Trinajstić information content (AvgIpc) is 3.42. The minimum atomic E-state index is -0.347. The van der Waals surface area contributed by atoms with E-state index in [2.05, 4.69) is 10.3 Å². The number of rotatable bonds is 6. The van der Waals surface area contributed by atoms with E-state index < -0.39 is 0 Å². The van der Waals surface area contributed by atoms with E-state index in [1.54, 1.807) is 12.1 Å². The second kappa shape index (κ2) is 6.99. The lowest BCUT2D eigenvalue weighted by Gasteiger charge is -2.17. The molecule has 0 radical (unpaired) electrons.